The van der Waals surface area contributed by atoms with Crippen molar-refractivity contribution in [3.63, 3.8) is 0 Å². The van der Waals surface area contributed by atoms with Crippen LogP contribution < -0.4 is 10.8 Å². The number of amidine groups is 1. The van der Waals surface area contributed by atoms with Gasteiger partial charge in [0.2, 0.25) is 0 Å². The molecule has 0 bridgehead atoms. The summed E-state index contributed by atoms with van der Waals surface area (Å²) < 4.78 is 43.8. The lowest BCUT2D eigenvalue weighted by Gasteiger charge is -2.26. The molecule has 0 radical (unpaired) electrons. The Balaban J connectivity index is 1.38. The largest absolute Gasteiger partial charge is 0.508 e. The number of hydrogen-bond donors (Lipinski definition) is 3. The smallest absolute Gasteiger partial charge is 0.445 e. The van der Waals surface area contributed by atoms with Crippen LogP contribution >= 0.6 is 11.6 Å². The number of aliphatic imine (C=N–C) groups is 1. The van der Waals surface area contributed by atoms with Crippen molar-refractivity contribution in [1.82, 2.24) is 15.3 Å². The first kappa shape index (κ1) is 25.3. The normalized spacial score (nSPS) is 17.1. The number of hydroxylamine groups is 1. The molecule has 3 aromatic carbocycles. The van der Waals surface area contributed by atoms with Gasteiger partial charge in [0.25, 0.3) is 5.91 Å². The summed E-state index contributed by atoms with van der Waals surface area (Å²) in [7, 11) is 0. The third-order valence-corrected chi connectivity index (χ3v) is 6.08. The molecule has 12 heteroatoms. The van der Waals surface area contributed by atoms with E-state index >= 15 is 0 Å². The molecule has 0 aliphatic carbocycles. The fourth-order valence-electron chi connectivity index (χ4n) is 3.85. The molecule has 1 atom stereocenters. The molecule has 1 aromatic heterocycles. The topological polar surface area (TPSA) is 101 Å². The molecule has 0 saturated carbocycles. The summed E-state index contributed by atoms with van der Waals surface area (Å²) in [6, 6.07) is 17.5. The predicted molar refractivity (Wildman–Crippen MR) is 134 cm³/mol. The van der Waals surface area contributed by atoms with Crippen molar-refractivity contribution in [2.24, 2.45) is 4.99 Å². The van der Waals surface area contributed by atoms with Crippen molar-refractivity contribution >= 4 is 29.0 Å². The Bertz CT molecular complexity index is 1540. The first-order valence-corrected chi connectivity index (χ1v) is 11.6. The molecule has 0 fully saturated rings. The molecule has 194 valence electrons. The molecule has 1 aliphatic rings. The predicted octanol–water partition coefficient (Wildman–Crippen LogP) is 5.49. The van der Waals surface area contributed by atoms with Crippen LogP contribution in [0.2, 0.25) is 5.02 Å². The van der Waals surface area contributed by atoms with Gasteiger partial charge in [-0.1, -0.05) is 23.7 Å². The van der Waals surface area contributed by atoms with E-state index in [-0.39, 0.29) is 28.1 Å². The number of halogens is 4. The summed E-state index contributed by atoms with van der Waals surface area (Å²) in [5.41, 5.74) is 1.42. The number of aryl methyl sites for hydroxylation is 1. The van der Waals surface area contributed by atoms with Crippen LogP contribution in [0, 0.1) is 6.92 Å². The van der Waals surface area contributed by atoms with Crippen molar-refractivity contribution in [3.05, 3.63) is 106 Å². The maximum atomic E-state index is 14.1. The molecule has 4 aromatic rings. The minimum atomic E-state index is -4.86. The lowest BCUT2D eigenvalue weighted by molar-refractivity contribution is -0.285. The number of rotatable bonds is 5. The zero-order valence-electron chi connectivity index (χ0n) is 19.6. The van der Waals surface area contributed by atoms with Gasteiger partial charge in [0.1, 0.15) is 5.75 Å². The molecule has 0 spiro atoms. The van der Waals surface area contributed by atoms with Crippen molar-refractivity contribution in [3.8, 4) is 11.4 Å². The van der Waals surface area contributed by atoms with Gasteiger partial charge in [0.05, 0.1) is 23.3 Å². The highest BCUT2D eigenvalue weighted by Gasteiger charge is 2.61. The number of benzene rings is 3. The summed E-state index contributed by atoms with van der Waals surface area (Å²) in [5.74, 6) is -0.429. The maximum Gasteiger partial charge on any atom is 0.445 e. The minimum absolute atomic E-state index is 0.0490. The fourth-order valence-corrected chi connectivity index (χ4v) is 4.04. The molecule has 0 saturated heterocycles. The average molecular weight is 542 g/mol. The number of phenols is 1. The van der Waals surface area contributed by atoms with Gasteiger partial charge in [-0.05, 0) is 67.6 Å². The number of aromatic nitrogens is 2. The zero-order valence-corrected chi connectivity index (χ0v) is 20.4. The standard InChI is InChI=1S/C26H19ClF3N5O3/c1-15-22(31-24(37)17-7-11-21(36)12-8-17)14-35(33-15)20-9-5-16(6-10-20)23-32-25(38-34-23,26(28,29)30)18-3-2-4-19(27)13-18/h2-14,36H,1H3,(H,31,37)(H,32,34). The number of aromatic hydroxyl groups is 1. The molecule has 2 heterocycles. The summed E-state index contributed by atoms with van der Waals surface area (Å²) in [5, 5.41) is 16.7. The van der Waals surface area contributed by atoms with Gasteiger partial charge in [0.15, 0.2) is 5.84 Å². The second kappa shape index (κ2) is 9.51. The zero-order chi connectivity index (χ0) is 27.1. The molecule has 1 unspecified atom stereocenters. The number of alkyl halides is 3. The molecule has 8 nitrogen and oxygen atoms in total. The van der Waals surface area contributed by atoms with E-state index in [0.717, 1.165) is 6.07 Å². The van der Waals surface area contributed by atoms with Gasteiger partial charge in [-0.2, -0.15) is 18.3 Å². The highest BCUT2D eigenvalue weighted by molar-refractivity contribution is 6.30. The number of nitrogens with zero attached hydrogens (tertiary/aromatic N) is 3. The number of phenolic OH excluding ortho intramolecular Hbond substituents is 1. The lowest BCUT2D eigenvalue weighted by Crippen LogP contribution is -2.42. The van der Waals surface area contributed by atoms with Gasteiger partial charge in [-0.3, -0.25) is 4.79 Å². The third-order valence-electron chi connectivity index (χ3n) is 5.85. The van der Waals surface area contributed by atoms with E-state index < -0.39 is 11.9 Å². The Morgan fingerprint density at radius 3 is 2.47 bits per heavy atom. The lowest BCUT2D eigenvalue weighted by atomic mass is 10.0. The van der Waals surface area contributed by atoms with Gasteiger partial charge < -0.3 is 10.4 Å². The van der Waals surface area contributed by atoms with Crippen LogP contribution in [0.25, 0.3) is 5.69 Å². The monoisotopic (exact) mass is 541 g/mol. The third kappa shape index (κ3) is 4.69. The second-order valence-corrected chi connectivity index (χ2v) is 8.87. The number of anilines is 1. The fraction of sp³-hybridized carbons (Fsp3) is 0.115. The van der Waals surface area contributed by atoms with Crippen LogP contribution in [0.5, 0.6) is 5.75 Å². The number of amides is 1. The van der Waals surface area contributed by atoms with Gasteiger partial charge >= 0.3 is 11.9 Å². The molecule has 3 N–H and O–H groups in total. The number of carbonyl (C=O) groups is 1. The molecule has 38 heavy (non-hydrogen) atoms. The van der Waals surface area contributed by atoms with Crippen LogP contribution in [-0.4, -0.2) is 32.8 Å². The number of nitrogens with one attached hydrogen (secondary N) is 2. The molecule has 1 amide bonds. The Labute approximate surface area is 219 Å². The van der Waals surface area contributed by atoms with Crippen LogP contribution in [-0.2, 0) is 10.6 Å². The first-order valence-electron chi connectivity index (χ1n) is 11.2. The SMILES string of the molecule is Cc1nn(-c2ccc(C3=NC(c4cccc(Cl)c4)(C(F)(F)F)ON3)cc2)cc1NC(=O)c1ccc(O)cc1. The Kier molecular flexibility index (Phi) is 6.33. The summed E-state index contributed by atoms with van der Waals surface area (Å²) in [4.78, 5) is 21.4. The Morgan fingerprint density at radius 2 is 1.82 bits per heavy atom. The van der Waals surface area contributed by atoms with Crippen molar-refractivity contribution in [2.75, 3.05) is 5.32 Å². The van der Waals surface area contributed by atoms with E-state index in [1.165, 1.54) is 47.1 Å². The first-order chi connectivity index (χ1) is 18.1. The quantitative estimate of drug-likeness (QED) is 0.310. The van der Waals surface area contributed by atoms with Gasteiger partial charge in [-0.25, -0.2) is 20.0 Å². The van der Waals surface area contributed by atoms with E-state index in [9.17, 15) is 23.1 Å². The van der Waals surface area contributed by atoms with Crippen molar-refractivity contribution < 1.29 is 27.9 Å². The highest BCUT2D eigenvalue weighted by atomic mass is 35.5. The summed E-state index contributed by atoms with van der Waals surface area (Å²) in [6.45, 7) is 1.72. The number of carbonyl (C=O) groups excluding carboxylic acids is 1. The van der Waals surface area contributed by atoms with Crippen LogP contribution in [0.1, 0.15) is 27.2 Å². The maximum absolute atomic E-state index is 14.1. The second-order valence-electron chi connectivity index (χ2n) is 8.44. The van der Waals surface area contributed by atoms with E-state index in [1.807, 2.05) is 0 Å². The molecular weight excluding hydrogens is 523 g/mol. The van der Waals surface area contributed by atoms with Crippen LogP contribution in [0.15, 0.2) is 84.0 Å². The summed E-state index contributed by atoms with van der Waals surface area (Å²) in [6.07, 6.45) is -3.25. The van der Waals surface area contributed by atoms with E-state index in [1.54, 1.807) is 37.4 Å². The molecule has 5 rings (SSSR count). The molecule has 1 aliphatic heterocycles. The summed E-state index contributed by atoms with van der Waals surface area (Å²) >= 11 is 5.91. The van der Waals surface area contributed by atoms with Crippen LogP contribution in [0.3, 0.4) is 0 Å². The van der Waals surface area contributed by atoms with Crippen LogP contribution in [0.4, 0.5) is 18.9 Å². The van der Waals surface area contributed by atoms with Crippen molar-refractivity contribution in [1.29, 1.82) is 0 Å². The van der Waals surface area contributed by atoms with E-state index in [4.69, 9.17) is 16.4 Å². The molecular formula is C26H19ClF3N5O3. The minimum Gasteiger partial charge on any atom is -0.508 e. The average Bonchev–Trinajstić information content (AvgIpc) is 3.50. The van der Waals surface area contributed by atoms with E-state index in [2.05, 4.69) is 20.9 Å². The highest BCUT2D eigenvalue weighted by Crippen LogP contribution is 2.45. The van der Waals surface area contributed by atoms with Gasteiger partial charge in [-0.15, -0.1) is 0 Å². The van der Waals surface area contributed by atoms with E-state index in [0.29, 0.717) is 28.2 Å². The Hall–Kier alpha value is -4.35. The number of hydrogen-bond acceptors (Lipinski definition) is 6. The Morgan fingerprint density at radius 1 is 1.11 bits per heavy atom. The van der Waals surface area contributed by atoms with Gasteiger partial charge in [0, 0.05) is 21.7 Å². The van der Waals surface area contributed by atoms with Crippen molar-refractivity contribution in [2.45, 2.75) is 18.8 Å².